The average Bonchev–Trinajstić information content (AvgIpc) is 2.47. The molecule has 2 atom stereocenters. The normalized spacial score (nSPS) is 22.9. The van der Waals surface area contributed by atoms with E-state index in [1.807, 2.05) is 0 Å². The van der Waals surface area contributed by atoms with Crippen molar-refractivity contribution in [1.82, 2.24) is 0 Å². The molecule has 0 amide bonds. The molecule has 0 radical (unpaired) electrons. The smallest absolute Gasteiger partial charge is 0.338 e. The lowest BCUT2D eigenvalue weighted by Gasteiger charge is -2.36. The largest absolute Gasteiger partial charge is 0.464 e. The summed E-state index contributed by atoms with van der Waals surface area (Å²) in [4.78, 5) is 12.4. The van der Waals surface area contributed by atoms with Gasteiger partial charge in [0.2, 0.25) is 0 Å². The number of fused-ring (bicyclic) bond motifs is 1. The van der Waals surface area contributed by atoms with Gasteiger partial charge in [0.25, 0.3) is 0 Å². The lowest BCUT2D eigenvalue weighted by molar-refractivity contribution is -0.168. The number of ether oxygens (including phenoxy) is 1. The third-order valence-electron chi connectivity index (χ3n) is 4.05. The molecule has 1 aromatic carbocycles. The second-order valence-corrected chi connectivity index (χ2v) is 7.27. The zero-order valence-corrected chi connectivity index (χ0v) is 13.0. The van der Waals surface area contributed by atoms with Gasteiger partial charge in [0.1, 0.15) is 0 Å². The van der Waals surface area contributed by atoms with Crippen molar-refractivity contribution in [1.29, 1.82) is 0 Å². The second-order valence-electron chi connectivity index (χ2n) is 5.20. The molecule has 2 unspecified atom stereocenters. The van der Waals surface area contributed by atoms with Crippen LogP contribution in [0.15, 0.2) is 29.2 Å². The van der Waals surface area contributed by atoms with E-state index in [2.05, 4.69) is 0 Å². The van der Waals surface area contributed by atoms with Crippen LogP contribution in [0, 0.1) is 0 Å². The van der Waals surface area contributed by atoms with E-state index in [-0.39, 0.29) is 30.1 Å². The molecular formula is C15H20O5S. The molecule has 0 aromatic heterocycles. The van der Waals surface area contributed by atoms with Crippen LogP contribution in [0.25, 0.3) is 0 Å². The van der Waals surface area contributed by atoms with Crippen molar-refractivity contribution in [2.24, 2.45) is 0 Å². The molecule has 0 saturated heterocycles. The van der Waals surface area contributed by atoms with Gasteiger partial charge in [0.15, 0.2) is 15.4 Å². The molecule has 1 aromatic rings. The van der Waals surface area contributed by atoms with Crippen molar-refractivity contribution in [2.75, 3.05) is 12.4 Å². The quantitative estimate of drug-likeness (QED) is 0.855. The van der Waals surface area contributed by atoms with Crippen LogP contribution in [-0.2, 0) is 19.4 Å². The SMILES string of the molecule is CCOC(=O)C(O)(CC)C1CCS(=O)(=O)c2ccccc21. The van der Waals surface area contributed by atoms with Gasteiger partial charge in [0.05, 0.1) is 17.3 Å². The maximum Gasteiger partial charge on any atom is 0.338 e. The van der Waals surface area contributed by atoms with Crippen LogP contribution < -0.4 is 0 Å². The average molecular weight is 312 g/mol. The van der Waals surface area contributed by atoms with Crippen molar-refractivity contribution >= 4 is 15.8 Å². The number of hydrogen-bond donors (Lipinski definition) is 1. The van der Waals surface area contributed by atoms with Gasteiger partial charge >= 0.3 is 5.97 Å². The minimum absolute atomic E-state index is 0.0730. The fraction of sp³-hybridized carbons (Fsp3) is 0.533. The van der Waals surface area contributed by atoms with Crippen LogP contribution in [0.2, 0.25) is 0 Å². The van der Waals surface area contributed by atoms with E-state index in [4.69, 9.17) is 4.74 Å². The van der Waals surface area contributed by atoms with Crippen LogP contribution in [-0.4, -0.2) is 37.5 Å². The minimum atomic E-state index is -3.34. The number of aliphatic hydroxyl groups is 1. The number of rotatable bonds is 4. The number of esters is 1. The molecule has 0 saturated carbocycles. The summed E-state index contributed by atoms with van der Waals surface area (Å²) < 4.78 is 29.2. The molecule has 1 N–H and O–H groups in total. The van der Waals surface area contributed by atoms with Gasteiger partial charge in [0, 0.05) is 5.92 Å². The first-order valence-electron chi connectivity index (χ1n) is 7.08. The molecule has 116 valence electrons. The van der Waals surface area contributed by atoms with Crippen molar-refractivity contribution in [3.05, 3.63) is 29.8 Å². The zero-order chi connectivity index (χ0) is 15.7. The Bertz CT molecular complexity index is 637. The molecule has 2 rings (SSSR count). The molecule has 0 fully saturated rings. The first kappa shape index (κ1) is 16.0. The summed E-state index contributed by atoms with van der Waals surface area (Å²) in [5.41, 5.74) is -1.19. The summed E-state index contributed by atoms with van der Waals surface area (Å²) in [5.74, 6) is -1.33. The van der Waals surface area contributed by atoms with Gasteiger partial charge in [-0.15, -0.1) is 0 Å². The van der Waals surface area contributed by atoms with E-state index in [0.717, 1.165) is 0 Å². The summed E-state index contributed by atoms with van der Waals surface area (Å²) in [5, 5.41) is 10.8. The third-order valence-corrected chi connectivity index (χ3v) is 5.86. The molecule has 0 aliphatic carbocycles. The predicted octanol–water partition coefficient (Wildman–Crippen LogP) is 1.65. The Morgan fingerprint density at radius 3 is 2.67 bits per heavy atom. The standard InChI is InChI=1S/C15H20O5S/c1-3-15(17,14(16)20-4-2)12-9-10-21(18,19)13-8-6-5-7-11(12)13/h5-8,12,17H,3-4,9-10H2,1-2H3. The highest BCUT2D eigenvalue weighted by atomic mass is 32.2. The maximum absolute atomic E-state index is 12.1. The van der Waals surface area contributed by atoms with Crippen LogP contribution >= 0.6 is 0 Å². The fourth-order valence-electron chi connectivity index (χ4n) is 2.88. The molecule has 0 spiro atoms. The number of sulfone groups is 1. The van der Waals surface area contributed by atoms with E-state index < -0.39 is 27.3 Å². The summed E-state index contributed by atoms with van der Waals surface area (Å²) in [6, 6.07) is 6.55. The lowest BCUT2D eigenvalue weighted by Crippen LogP contribution is -2.47. The molecule has 6 heteroatoms. The second kappa shape index (κ2) is 5.77. The number of hydrogen-bond acceptors (Lipinski definition) is 5. The highest BCUT2D eigenvalue weighted by Gasteiger charge is 2.48. The molecular weight excluding hydrogens is 292 g/mol. The molecule has 1 aliphatic heterocycles. The highest BCUT2D eigenvalue weighted by Crippen LogP contribution is 2.42. The van der Waals surface area contributed by atoms with Gasteiger partial charge < -0.3 is 9.84 Å². The Kier molecular flexibility index (Phi) is 4.39. The predicted molar refractivity (Wildman–Crippen MR) is 77.7 cm³/mol. The van der Waals surface area contributed by atoms with E-state index in [1.165, 1.54) is 6.07 Å². The number of carbonyl (C=O) groups is 1. The highest BCUT2D eigenvalue weighted by molar-refractivity contribution is 7.91. The lowest BCUT2D eigenvalue weighted by atomic mass is 9.78. The van der Waals surface area contributed by atoms with E-state index >= 15 is 0 Å². The zero-order valence-electron chi connectivity index (χ0n) is 12.2. The first-order chi connectivity index (χ1) is 9.86. The Hall–Kier alpha value is -1.40. The van der Waals surface area contributed by atoms with Gasteiger partial charge in [-0.3, -0.25) is 0 Å². The Morgan fingerprint density at radius 1 is 1.38 bits per heavy atom. The van der Waals surface area contributed by atoms with Crippen LogP contribution in [0.1, 0.15) is 38.2 Å². The first-order valence-corrected chi connectivity index (χ1v) is 8.73. The molecule has 1 aliphatic rings. The summed E-state index contributed by atoms with van der Waals surface area (Å²) in [7, 11) is -3.34. The van der Waals surface area contributed by atoms with Crippen LogP contribution in [0.4, 0.5) is 0 Å². The fourth-order valence-corrected chi connectivity index (χ4v) is 4.50. The minimum Gasteiger partial charge on any atom is -0.464 e. The maximum atomic E-state index is 12.1. The summed E-state index contributed by atoms with van der Waals surface area (Å²) >= 11 is 0. The van der Waals surface area contributed by atoms with E-state index in [9.17, 15) is 18.3 Å². The van der Waals surface area contributed by atoms with Crippen molar-refractivity contribution in [3.8, 4) is 0 Å². The summed E-state index contributed by atoms with van der Waals surface area (Å²) in [6.07, 6.45) is 0.382. The molecule has 5 nitrogen and oxygen atoms in total. The number of carbonyl (C=O) groups excluding carboxylic acids is 1. The Morgan fingerprint density at radius 2 is 2.05 bits per heavy atom. The van der Waals surface area contributed by atoms with Crippen LogP contribution in [0.5, 0.6) is 0 Å². The number of benzene rings is 1. The van der Waals surface area contributed by atoms with Crippen molar-refractivity contribution in [2.45, 2.75) is 43.1 Å². The van der Waals surface area contributed by atoms with Crippen molar-refractivity contribution in [3.63, 3.8) is 0 Å². The van der Waals surface area contributed by atoms with Gasteiger partial charge in [-0.1, -0.05) is 25.1 Å². The van der Waals surface area contributed by atoms with E-state index in [1.54, 1.807) is 32.0 Å². The molecule has 1 heterocycles. The third kappa shape index (κ3) is 2.70. The molecule has 21 heavy (non-hydrogen) atoms. The topological polar surface area (TPSA) is 80.7 Å². The van der Waals surface area contributed by atoms with Gasteiger partial charge in [-0.2, -0.15) is 0 Å². The van der Waals surface area contributed by atoms with E-state index in [0.29, 0.717) is 5.56 Å². The van der Waals surface area contributed by atoms with Gasteiger partial charge in [-0.25, -0.2) is 13.2 Å². The Labute approximate surface area is 124 Å². The van der Waals surface area contributed by atoms with Crippen molar-refractivity contribution < 1.29 is 23.1 Å². The molecule has 0 bridgehead atoms. The summed E-state index contributed by atoms with van der Waals surface area (Å²) in [6.45, 7) is 3.55. The van der Waals surface area contributed by atoms with Gasteiger partial charge in [-0.05, 0) is 31.4 Å². The van der Waals surface area contributed by atoms with Crippen LogP contribution in [0.3, 0.4) is 0 Å². The monoisotopic (exact) mass is 312 g/mol. The Balaban J connectivity index is 2.52.